The standard InChI is InChI=1S/C5H9NO4/c1-2-4(7)6(10)3-5(8)9/h10H,2-3H2,1H3,(H,8,9). The van der Waals surface area contributed by atoms with E-state index in [1.165, 1.54) is 6.92 Å². The van der Waals surface area contributed by atoms with E-state index in [2.05, 4.69) is 0 Å². The average Bonchev–Trinajstić information content (AvgIpc) is 1.85. The predicted molar refractivity (Wildman–Crippen MR) is 31.4 cm³/mol. The van der Waals surface area contributed by atoms with E-state index in [1.54, 1.807) is 0 Å². The zero-order valence-corrected chi connectivity index (χ0v) is 5.57. The van der Waals surface area contributed by atoms with E-state index < -0.39 is 18.4 Å². The van der Waals surface area contributed by atoms with Crippen molar-refractivity contribution in [2.45, 2.75) is 13.3 Å². The Kier molecular flexibility index (Phi) is 3.42. The molecule has 0 atom stereocenters. The lowest BCUT2D eigenvalue weighted by Crippen LogP contribution is -2.31. The van der Waals surface area contributed by atoms with Gasteiger partial charge in [-0.1, -0.05) is 6.92 Å². The largest absolute Gasteiger partial charge is 0.480 e. The normalized spacial score (nSPS) is 9.00. The van der Waals surface area contributed by atoms with E-state index in [9.17, 15) is 9.59 Å². The number of carbonyl (C=O) groups excluding carboxylic acids is 1. The van der Waals surface area contributed by atoms with Gasteiger partial charge in [0.25, 0.3) is 0 Å². The first kappa shape index (κ1) is 8.90. The number of hydroxylamine groups is 2. The molecule has 5 nitrogen and oxygen atoms in total. The number of aliphatic carboxylic acids is 1. The summed E-state index contributed by atoms with van der Waals surface area (Å²) in [5.74, 6) is -1.83. The molecule has 0 heterocycles. The minimum absolute atomic E-state index is 0.101. The van der Waals surface area contributed by atoms with Crippen LogP contribution >= 0.6 is 0 Å². The first-order valence-corrected chi connectivity index (χ1v) is 2.79. The van der Waals surface area contributed by atoms with Crippen LogP contribution in [0.5, 0.6) is 0 Å². The van der Waals surface area contributed by atoms with E-state index in [0.717, 1.165) is 0 Å². The smallest absolute Gasteiger partial charge is 0.325 e. The molecule has 0 aliphatic heterocycles. The van der Waals surface area contributed by atoms with E-state index in [1.807, 2.05) is 0 Å². The number of carboxylic acid groups (broad SMARTS) is 1. The van der Waals surface area contributed by atoms with Gasteiger partial charge in [0, 0.05) is 6.42 Å². The number of carboxylic acids is 1. The highest BCUT2D eigenvalue weighted by atomic mass is 16.5. The van der Waals surface area contributed by atoms with Crippen LogP contribution in [0.25, 0.3) is 0 Å². The number of rotatable bonds is 3. The molecule has 5 heteroatoms. The molecular weight excluding hydrogens is 138 g/mol. The molecule has 2 N–H and O–H groups in total. The first-order valence-electron chi connectivity index (χ1n) is 2.79. The lowest BCUT2D eigenvalue weighted by atomic mass is 10.4. The SMILES string of the molecule is CCC(=O)N(O)CC(=O)O. The second-order valence-electron chi connectivity index (χ2n) is 1.70. The Hall–Kier alpha value is -1.10. The van der Waals surface area contributed by atoms with Crippen LogP contribution in [0.4, 0.5) is 0 Å². The van der Waals surface area contributed by atoms with Gasteiger partial charge in [-0.3, -0.25) is 14.8 Å². The summed E-state index contributed by atoms with van der Waals surface area (Å²) in [4.78, 5) is 20.3. The van der Waals surface area contributed by atoms with Gasteiger partial charge in [-0.2, -0.15) is 0 Å². The van der Waals surface area contributed by atoms with E-state index in [4.69, 9.17) is 10.3 Å². The first-order chi connectivity index (χ1) is 4.57. The molecule has 0 aromatic carbocycles. The zero-order chi connectivity index (χ0) is 8.15. The highest BCUT2D eigenvalue weighted by Crippen LogP contribution is 1.87. The van der Waals surface area contributed by atoms with Gasteiger partial charge in [0.2, 0.25) is 5.91 Å². The van der Waals surface area contributed by atoms with Crippen molar-refractivity contribution in [1.82, 2.24) is 5.06 Å². The Morgan fingerprint density at radius 2 is 2.00 bits per heavy atom. The lowest BCUT2D eigenvalue weighted by molar-refractivity contribution is -0.173. The summed E-state index contributed by atoms with van der Waals surface area (Å²) in [6, 6.07) is 0. The third-order valence-corrected chi connectivity index (χ3v) is 0.875. The molecule has 0 aromatic heterocycles. The molecule has 0 bridgehead atoms. The maximum absolute atomic E-state index is 10.5. The van der Waals surface area contributed by atoms with E-state index in [0.29, 0.717) is 0 Å². The maximum atomic E-state index is 10.5. The summed E-state index contributed by atoms with van der Waals surface area (Å²) in [5, 5.41) is 16.8. The molecule has 0 aromatic rings. The van der Waals surface area contributed by atoms with Crippen molar-refractivity contribution in [3.8, 4) is 0 Å². The quantitative estimate of drug-likeness (QED) is 0.424. The number of hydrogen-bond acceptors (Lipinski definition) is 3. The molecule has 0 fully saturated rings. The highest BCUT2D eigenvalue weighted by Gasteiger charge is 2.10. The van der Waals surface area contributed by atoms with Crippen molar-refractivity contribution in [3.63, 3.8) is 0 Å². The van der Waals surface area contributed by atoms with Crippen molar-refractivity contribution >= 4 is 11.9 Å². The fourth-order valence-electron chi connectivity index (χ4n) is 0.399. The summed E-state index contributed by atoms with van der Waals surface area (Å²) in [6.07, 6.45) is 0.101. The average molecular weight is 147 g/mol. The molecule has 10 heavy (non-hydrogen) atoms. The monoisotopic (exact) mass is 147 g/mol. The lowest BCUT2D eigenvalue weighted by Gasteiger charge is -2.09. The van der Waals surface area contributed by atoms with Gasteiger partial charge in [0.05, 0.1) is 0 Å². The van der Waals surface area contributed by atoms with Crippen molar-refractivity contribution in [3.05, 3.63) is 0 Å². The third-order valence-electron chi connectivity index (χ3n) is 0.875. The topological polar surface area (TPSA) is 77.8 Å². The molecule has 0 radical (unpaired) electrons. The van der Waals surface area contributed by atoms with Gasteiger partial charge in [0.15, 0.2) is 0 Å². The van der Waals surface area contributed by atoms with Crippen LogP contribution in [0, 0.1) is 0 Å². The summed E-state index contributed by atoms with van der Waals surface area (Å²) in [5.41, 5.74) is 0. The second kappa shape index (κ2) is 3.84. The van der Waals surface area contributed by atoms with Crippen molar-refractivity contribution in [2.75, 3.05) is 6.54 Å². The van der Waals surface area contributed by atoms with Crippen molar-refractivity contribution < 1.29 is 19.9 Å². The van der Waals surface area contributed by atoms with Gasteiger partial charge in [0.1, 0.15) is 6.54 Å². The van der Waals surface area contributed by atoms with Crippen LogP contribution in [-0.2, 0) is 9.59 Å². The van der Waals surface area contributed by atoms with Gasteiger partial charge >= 0.3 is 5.97 Å². The number of nitrogens with zero attached hydrogens (tertiary/aromatic N) is 1. The molecule has 0 saturated carbocycles. The Bertz CT molecular complexity index is 145. The van der Waals surface area contributed by atoms with E-state index >= 15 is 0 Å². The molecular formula is C5H9NO4. The van der Waals surface area contributed by atoms with E-state index in [-0.39, 0.29) is 11.5 Å². The van der Waals surface area contributed by atoms with Crippen LogP contribution in [-0.4, -0.2) is 33.8 Å². The summed E-state index contributed by atoms with van der Waals surface area (Å²) >= 11 is 0. The maximum Gasteiger partial charge on any atom is 0.325 e. The van der Waals surface area contributed by atoms with Crippen LogP contribution in [0.15, 0.2) is 0 Å². The molecule has 1 amide bonds. The van der Waals surface area contributed by atoms with Gasteiger partial charge in [-0.25, -0.2) is 5.06 Å². The molecule has 0 unspecified atom stereocenters. The zero-order valence-electron chi connectivity index (χ0n) is 5.57. The fraction of sp³-hybridized carbons (Fsp3) is 0.600. The van der Waals surface area contributed by atoms with Crippen LogP contribution in [0.1, 0.15) is 13.3 Å². The molecule has 0 rings (SSSR count). The molecule has 0 aliphatic rings. The Balaban J connectivity index is 3.72. The summed E-state index contributed by atoms with van der Waals surface area (Å²) < 4.78 is 0. The number of hydrogen-bond donors (Lipinski definition) is 2. The Morgan fingerprint density at radius 3 is 2.30 bits per heavy atom. The molecule has 0 spiro atoms. The molecule has 0 saturated heterocycles. The van der Waals surface area contributed by atoms with Crippen molar-refractivity contribution in [1.29, 1.82) is 0 Å². The van der Waals surface area contributed by atoms with Gasteiger partial charge in [-0.05, 0) is 0 Å². The predicted octanol–water partition coefficient (Wildman–Crippen LogP) is -0.301. The minimum atomic E-state index is -1.23. The Labute approximate surface area is 57.8 Å². The van der Waals surface area contributed by atoms with Gasteiger partial charge < -0.3 is 5.11 Å². The Morgan fingerprint density at radius 1 is 1.50 bits per heavy atom. The van der Waals surface area contributed by atoms with Crippen LogP contribution in [0.3, 0.4) is 0 Å². The summed E-state index contributed by atoms with van der Waals surface area (Å²) in [6.45, 7) is 0.875. The third kappa shape index (κ3) is 3.03. The fourth-order valence-corrected chi connectivity index (χ4v) is 0.399. The summed E-state index contributed by atoms with van der Waals surface area (Å²) in [7, 11) is 0. The molecule has 0 aliphatic carbocycles. The second-order valence-corrected chi connectivity index (χ2v) is 1.70. The minimum Gasteiger partial charge on any atom is -0.480 e. The van der Waals surface area contributed by atoms with Gasteiger partial charge in [-0.15, -0.1) is 0 Å². The highest BCUT2D eigenvalue weighted by molar-refractivity contribution is 5.79. The van der Waals surface area contributed by atoms with Crippen LogP contribution in [0.2, 0.25) is 0 Å². The van der Waals surface area contributed by atoms with Crippen LogP contribution < -0.4 is 0 Å². The molecule has 58 valence electrons. The van der Waals surface area contributed by atoms with Crippen molar-refractivity contribution in [2.24, 2.45) is 0 Å². The number of carbonyl (C=O) groups is 2. The number of amides is 1.